The Morgan fingerprint density at radius 1 is 1.05 bits per heavy atom. The maximum atomic E-state index is 7.01. The molecule has 0 radical (unpaired) electrons. The topological polar surface area (TPSA) is 26.0 Å². The third-order valence-corrected chi connectivity index (χ3v) is 6.73. The molecule has 2 saturated carbocycles. The van der Waals surface area contributed by atoms with Crippen LogP contribution in [0.1, 0.15) is 56.7 Å². The zero-order valence-electron chi connectivity index (χ0n) is 13.0. The smallest absolute Gasteiger partial charge is 0.0472 e. The summed E-state index contributed by atoms with van der Waals surface area (Å²) in [5, 5.41) is 0. The van der Waals surface area contributed by atoms with Crippen LogP contribution in [0.25, 0.3) is 0 Å². The van der Waals surface area contributed by atoms with E-state index in [0.29, 0.717) is 5.41 Å². The average molecular weight is 257 g/mol. The number of benzene rings is 1. The molecule has 3 unspecified atom stereocenters. The van der Waals surface area contributed by atoms with Crippen molar-refractivity contribution < 1.29 is 0 Å². The van der Waals surface area contributed by atoms with Gasteiger partial charge in [0.25, 0.3) is 0 Å². The van der Waals surface area contributed by atoms with Crippen molar-refractivity contribution in [2.45, 2.75) is 59.4 Å². The van der Waals surface area contributed by atoms with Gasteiger partial charge >= 0.3 is 0 Å². The number of nitrogens with two attached hydrogens (primary N) is 1. The van der Waals surface area contributed by atoms with Crippen LogP contribution >= 0.6 is 0 Å². The van der Waals surface area contributed by atoms with Gasteiger partial charge in [-0.1, -0.05) is 50.1 Å². The zero-order valence-corrected chi connectivity index (χ0v) is 13.0. The maximum absolute atomic E-state index is 7.01. The van der Waals surface area contributed by atoms with Crippen LogP contribution < -0.4 is 5.73 Å². The minimum Gasteiger partial charge on any atom is -0.321 e. The van der Waals surface area contributed by atoms with E-state index < -0.39 is 0 Å². The van der Waals surface area contributed by atoms with Crippen molar-refractivity contribution in [1.29, 1.82) is 0 Å². The quantitative estimate of drug-likeness (QED) is 0.797. The summed E-state index contributed by atoms with van der Waals surface area (Å²) in [6.07, 6.45) is 3.78. The SMILES string of the molecule is Cc1cc(C)cc(C2(N)CC3CCC2(C)C3(C)C)c1. The summed E-state index contributed by atoms with van der Waals surface area (Å²) < 4.78 is 0. The van der Waals surface area contributed by atoms with E-state index >= 15 is 0 Å². The van der Waals surface area contributed by atoms with Crippen LogP contribution in [0.2, 0.25) is 0 Å². The highest BCUT2D eigenvalue weighted by molar-refractivity contribution is 5.38. The molecule has 3 rings (SSSR count). The molecule has 1 nitrogen and oxygen atoms in total. The molecular formula is C18H27N. The predicted molar refractivity (Wildman–Crippen MR) is 81.0 cm³/mol. The van der Waals surface area contributed by atoms with E-state index in [1.165, 1.54) is 29.5 Å². The lowest BCUT2D eigenvalue weighted by molar-refractivity contribution is 0.0773. The molecule has 0 saturated heterocycles. The Morgan fingerprint density at radius 2 is 1.63 bits per heavy atom. The minimum atomic E-state index is -0.143. The first-order valence-electron chi connectivity index (χ1n) is 7.58. The summed E-state index contributed by atoms with van der Waals surface area (Å²) in [6.45, 7) is 11.7. The Labute approximate surface area is 117 Å². The second kappa shape index (κ2) is 3.63. The molecule has 104 valence electrons. The largest absolute Gasteiger partial charge is 0.321 e. The molecule has 2 fully saturated rings. The van der Waals surface area contributed by atoms with Gasteiger partial charge in [-0.3, -0.25) is 0 Å². The van der Waals surface area contributed by atoms with Crippen molar-refractivity contribution in [2.75, 3.05) is 0 Å². The van der Waals surface area contributed by atoms with E-state index in [4.69, 9.17) is 5.73 Å². The van der Waals surface area contributed by atoms with Crippen LogP contribution in [-0.4, -0.2) is 0 Å². The van der Waals surface area contributed by atoms with Crippen LogP contribution in [0.3, 0.4) is 0 Å². The van der Waals surface area contributed by atoms with Crippen LogP contribution in [0.15, 0.2) is 18.2 Å². The molecule has 0 aliphatic heterocycles. The molecule has 2 aliphatic carbocycles. The lowest BCUT2D eigenvalue weighted by atomic mass is 9.61. The molecule has 1 aromatic rings. The summed E-state index contributed by atoms with van der Waals surface area (Å²) in [5.41, 5.74) is 11.5. The lowest BCUT2D eigenvalue weighted by Gasteiger charge is -2.47. The van der Waals surface area contributed by atoms with Crippen molar-refractivity contribution in [3.8, 4) is 0 Å². The summed E-state index contributed by atoms with van der Waals surface area (Å²) in [5.74, 6) is 0.781. The van der Waals surface area contributed by atoms with Gasteiger partial charge in [0.15, 0.2) is 0 Å². The molecule has 0 aromatic heterocycles. The number of aryl methyl sites for hydroxylation is 2. The number of fused-ring (bicyclic) bond motifs is 2. The number of hydrogen-bond acceptors (Lipinski definition) is 1. The highest BCUT2D eigenvalue weighted by Crippen LogP contribution is 2.71. The fourth-order valence-electron chi connectivity index (χ4n) is 5.03. The first-order chi connectivity index (χ1) is 8.71. The fourth-order valence-corrected chi connectivity index (χ4v) is 5.03. The van der Waals surface area contributed by atoms with Crippen molar-refractivity contribution >= 4 is 0 Å². The number of rotatable bonds is 1. The molecule has 1 heteroatoms. The van der Waals surface area contributed by atoms with Crippen LogP contribution in [0, 0.1) is 30.6 Å². The van der Waals surface area contributed by atoms with Gasteiger partial charge < -0.3 is 5.73 Å². The molecule has 2 N–H and O–H groups in total. The first kappa shape index (κ1) is 13.2. The maximum Gasteiger partial charge on any atom is 0.0472 e. The summed E-state index contributed by atoms with van der Waals surface area (Å²) in [6, 6.07) is 6.87. The van der Waals surface area contributed by atoms with Crippen molar-refractivity contribution in [1.82, 2.24) is 0 Å². The van der Waals surface area contributed by atoms with Gasteiger partial charge in [-0.2, -0.15) is 0 Å². The van der Waals surface area contributed by atoms with Crippen LogP contribution in [-0.2, 0) is 5.54 Å². The summed E-state index contributed by atoms with van der Waals surface area (Å²) in [7, 11) is 0. The van der Waals surface area contributed by atoms with Crippen molar-refractivity contribution in [3.05, 3.63) is 34.9 Å². The van der Waals surface area contributed by atoms with Crippen molar-refractivity contribution in [2.24, 2.45) is 22.5 Å². The standard InChI is InChI=1S/C18H27N/c1-12-8-13(2)10-15(9-12)18(19)11-14-6-7-17(18,5)16(14,3)4/h8-10,14H,6-7,11,19H2,1-5H3. The molecule has 3 atom stereocenters. The Bertz CT molecular complexity index is 510. The van der Waals surface area contributed by atoms with Gasteiger partial charge in [-0.25, -0.2) is 0 Å². The van der Waals surface area contributed by atoms with Gasteiger partial charge in [0.05, 0.1) is 0 Å². The molecule has 0 spiro atoms. The zero-order chi connectivity index (χ0) is 14.1. The second-order valence-corrected chi connectivity index (χ2v) is 7.84. The third kappa shape index (κ3) is 1.45. The van der Waals surface area contributed by atoms with E-state index in [0.717, 1.165) is 12.3 Å². The van der Waals surface area contributed by atoms with Gasteiger partial charge in [0.2, 0.25) is 0 Å². The Hall–Kier alpha value is -0.820. The molecule has 2 aliphatic rings. The first-order valence-corrected chi connectivity index (χ1v) is 7.58. The molecule has 0 heterocycles. The molecule has 19 heavy (non-hydrogen) atoms. The summed E-state index contributed by atoms with van der Waals surface area (Å²) in [4.78, 5) is 0. The Morgan fingerprint density at radius 3 is 2.05 bits per heavy atom. The highest BCUT2D eigenvalue weighted by Gasteiger charge is 2.67. The molecule has 1 aromatic carbocycles. The highest BCUT2D eigenvalue weighted by atomic mass is 14.9. The van der Waals surface area contributed by atoms with Gasteiger partial charge in [-0.05, 0) is 55.4 Å². The Kier molecular flexibility index (Phi) is 2.52. The van der Waals surface area contributed by atoms with E-state index in [9.17, 15) is 0 Å². The summed E-state index contributed by atoms with van der Waals surface area (Å²) >= 11 is 0. The fraction of sp³-hybridized carbons (Fsp3) is 0.667. The average Bonchev–Trinajstić information content (AvgIpc) is 2.60. The Balaban J connectivity index is 2.15. The molecular weight excluding hydrogens is 230 g/mol. The van der Waals surface area contributed by atoms with Gasteiger partial charge in [-0.15, -0.1) is 0 Å². The van der Waals surface area contributed by atoms with E-state index in [-0.39, 0.29) is 11.0 Å². The number of hydrogen-bond donors (Lipinski definition) is 1. The molecule has 2 bridgehead atoms. The lowest BCUT2D eigenvalue weighted by Crippen LogP contribution is -2.51. The second-order valence-electron chi connectivity index (χ2n) is 7.84. The third-order valence-electron chi connectivity index (χ3n) is 6.73. The van der Waals surface area contributed by atoms with Crippen LogP contribution in [0.4, 0.5) is 0 Å². The monoisotopic (exact) mass is 257 g/mol. The minimum absolute atomic E-state index is 0.143. The van der Waals surface area contributed by atoms with Gasteiger partial charge in [0.1, 0.15) is 0 Å². The predicted octanol–water partition coefficient (Wildman–Crippen LogP) is 4.30. The van der Waals surface area contributed by atoms with Crippen LogP contribution in [0.5, 0.6) is 0 Å². The van der Waals surface area contributed by atoms with Gasteiger partial charge in [0, 0.05) is 5.54 Å². The van der Waals surface area contributed by atoms with E-state index in [2.05, 4.69) is 52.8 Å². The van der Waals surface area contributed by atoms with E-state index in [1.807, 2.05) is 0 Å². The van der Waals surface area contributed by atoms with E-state index in [1.54, 1.807) is 0 Å². The normalized spacial score (nSPS) is 39.8. The van der Waals surface area contributed by atoms with Crippen molar-refractivity contribution in [3.63, 3.8) is 0 Å². The molecule has 0 amide bonds.